The summed E-state index contributed by atoms with van der Waals surface area (Å²) in [6, 6.07) is 18.0. The summed E-state index contributed by atoms with van der Waals surface area (Å²) in [5, 5.41) is 5.24. The maximum atomic E-state index is 3.59. The molecule has 2 aromatic heterocycles. The SMILES string of the molecule is Cc1ccc2c(c1)[nH]c1cc3c4ccc(C)cc4n(C)c3cc12. The summed E-state index contributed by atoms with van der Waals surface area (Å²) in [5.41, 5.74) is 7.61. The minimum atomic E-state index is 1.21. The van der Waals surface area contributed by atoms with Crippen molar-refractivity contribution in [3.05, 3.63) is 59.7 Å². The molecule has 5 aromatic rings. The number of fused-ring (bicyclic) bond motifs is 6. The highest BCUT2D eigenvalue weighted by Gasteiger charge is 2.12. The quantitative estimate of drug-likeness (QED) is 0.385. The molecule has 0 radical (unpaired) electrons. The van der Waals surface area contributed by atoms with Gasteiger partial charge in [-0.3, -0.25) is 0 Å². The van der Waals surface area contributed by atoms with E-state index >= 15 is 0 Å². The Bertz CT molecular complexity index is 1240. The summed E-state index contributed by atoms with van der Waals surface area (Å²) >= 11 is 0. The number of nitrogens with one attached hydrogen (secondary N) is 1. The number of aromatic amines is 1. The van der Waals surface area contributed by atoms with Crippen LogP contribution in [0.5, 0.6) is 0 Å². The normalized spacial score (nSPS) is 12.1. The van der Waals surface area contributed by atoms with E-state index in [1.165, 1.54) is 54.7 Å². The monoisotopic (exact) mass is 298 g/mol. The average Bonchev–Trinajstić information content (AvgIpc) is 3.01. The van der Waals surface area contributed by atoms with Crippen LogP contribution < -0.4 is 0 Å². The second-order valence-corrected chi connectivity index (χ2v) is 6.67. The van der Waals surface area contributed by atoms with Crippen LogP contribution in [0.4, 0.5) is 0 Å². The maximum absolute atomic E-state index is 3.59. The van der Waals surface area contributed by atoms with E-state index in [1.54, 1.807) is 0 Å². The molecule has 112 valence electrons. The number of aromatic nitrogens is 2. The van der Waals surface area contributed by atoms with Gasteiger partial charge < -0.3 is 9.55 Å². The number of hydrogen-bond acceptors (Lipinski definition) is 0. The van der Waals surface area contributed by atoms with Crippen LogP contribution in [-0.2, 0) is 7.05 Å². The smallest absolute Gasteiger partial charge is 0.0496 e. The molecule has 0 bridgehead atoms. The van der Waals surface area contributed by atoms with E-state index in [9.17, 15) is 0 Å². The lowest BCUT2D eigenvalue weighted by atomic mass is 10.1. The van der Waals surface area contributed by atoms with Crippen LogP contribution in [0.3, 0.4) is 0 Å². The third-order valence-electron chi connectivity index (χ3n) is 5.04. The van der Waals surface area contributed by atoms with Crippen LogP contribution >= 0.6 is 0 Å². The van der Waals surface area contributed by atoms with Gasteiger partial charge in [0, 0.05) is 50.7 Å². The largest absolute Gasteiger partial charge is 0.354 e. The van der Waals surface area contributed by atoms with Gasteiger partial charge in [0.2, 0.25) is 0 Å². The molecule has 0 aliphatic rings. The van der Waals surface area contributed by atoms with Crippen LogP contribution in [0.2, 0.25) is 0 Å². The molecule has 0 fully saturated rings. The first-order valence-corrected chi connectivity index (χ1v) is 8.03. The van der Waals surface area contributed by atoms with E-state index < -0.39 is 0 Å². The van der Waals surface area contributed by atoms with Crippen LogP contribution in [0.15, 0.2) is 48.5 Å². The molecular weight excluding hydrogens is 280 g/mol. The molecule has 0 spiro atoms. The van der Waals surface area contributed by atoms with Gasteiger partial charge in [-0.2, -0.15) is 0 Å². The van der Waals surface area contributed by atoms with Gasteiger partial charge in [0.05, 0.1) is 0 Å². The minimum Gasteiger partial charge on any atom is -0.354 e. The predicted octanol–water partition coefficient (Wildman–Crippen LogP) is 5.58. The van der Waals surface area contributed by atoms with Crippen molar-refractivity contribution in [1.82, 2.24) is 9.55 Å². The Hall–Kier alpha value is -2.74. The second-order valence-electron chi connectivity index (χ2n) is 6.67. The van der Waals surface area contributed by atoms with Crippen molar-refractivity contribution in [1.29, 1.82) is 0 Å². The van der Waals surface area contributed by atoms with Gasteiger partial charge in [-0.1, -0.05) is 24.3 Å². The number of rotatable bonds is 0. The maximum Gasteiger partial charge on any atom is 0.0496 e. The molecule has 2 heteroatoms. The number of H-pyrrole nitrogens is 1. The number of benzene rings is 3. The Labute approximate surface area is 134 Å². The summed E-state index contributed by atoms with van der Waals surface area (Å²) in [7, 11) is 2.16. The van der Waals surface area contributed by atoms with Crippen molar-refractivity contribution in [2.45, 2.75) is 13.8 Å². The third kappa shape index (κ3) is 1.63. The number of nitrogens with zero attached hydrogens (tertiary/aromatic N) is 1. The van der Waals surface area contributed by atoms with Crippen molar-refractivity contribution in [2.24, 2.45) is 7.05 Å². The van der Waals surface area contributed by atoms with Crippen molar-refractivity contribution in [3.63, 3.8) is 0 Å². The lowest BCUT2D eigenvalue weighted by Crippen LogP contribution is -1.86. The molecule has 0 atom stereocenters. The van der Waals surface area contributed by atoms with E-state index in [0.29, 0.717) is 0 Å². The highest BCUT2D eigenvalue weighted by Crippen LogP contribution is 2.35. The van der Waals surface area contributed by atoms with E-state index in [4.69, 9.17) is 0 Å². The average molecular weight is 298 g/mol. The van der Waals surface area contributed by atoms with Crippen molar-refractivity contribution in [2.75, 3.05) is 0 Å². The first kappa shape index (κ1) is 12.8. The summed E-state index contributed by atoms with van der Waals surface area (Å²) in [4.78, 5) is 3.59. The summed E-state index contributed by atoms with van der Waals surface area (Å²) in [6.45, 7) is 4.29. The lowest BCUT2D eigenvalue weighted by Gasteiger charge is -1.99. The van der Waals surface area contributed by atoms with Crippen LogP contribution in [0, 0.1) is 13.8 Å². The molecule has 3 aromatic carbocycles. The number of hydrogen-bond donors (Lipinski definition) is 1. The van der Waals surface area contributed by atoms with Gasteiger partial charge in [0.15, 0.2) is 0 Å². The summed E-state index contributed by atoms with van der Waals surface area (Å²) in [6.07, 6.45) is 0. The summed E-state index contributed by atoms with van der Waals surface area (Å²) in [5.74, 6) is 0. The Kier molecular flexibility index (Phi) is 2.31. The molecule has 0 unspecified atom stereocenters. The second kappa shape index (κ2) is 4.17. The highest BCUT2D eigenvalue weighted by molar-refractivity contribution is 6.17. The molecular formula is C21H18N2. The Balaban J connectivity index is 2.00. The fourth-order valence-corrected chi connectivity index (χ4v) is 3.83. The van der Waals surface area contributed by atoms with E-state index in [1.807, 2.05) is 0 Å². The Morgan fingerprint density at radius 2 is 1.30 bits per heavy atom. The fraction of sp³-hybridized carbons (Fsp3) is 0.143. The standard InChI is InChI=1S/C21H18N2/c1-12-4-6-14-16-11-21-17(10-19(16)22-18(14)8-12)15-7-5-13(2)9-20(15)23(21)3/h4-11,22H,1-3H3. The van der Waals surface area contributed by atoms with E-state index in [0.717, 1.165) is 0 Å². The fourth-order valence-electron chi connectivity index (χ4n) is 3.83. The van der Waals surface area contributed by atoms with Gasteiger partial charge in [-0.05, 0) is 49.2 Å². The molecule has 5 rings (SSSR count). The van der Waals surface area contributed by atoms with Gasteiger partial charge in [-0.15, -0.1) is 0 Å². The topological polar surface area (TPSA) is 20.7 Å². The van der Waals surface area contributed by atoms with E-state index in [-0.39, 0.29) is 0 Å². The molecule has 2 heterocycles. The van der Waals surface area contributed by atoms with Crippen LogP contribution in [0.1, 0.15) is 11.1 Å². The summed E-state index contributed by atoms with van der Waals surface area (Å²) < 4.78 is 2.31. The van der Waals surface area contributed by atoms with Gasteiger partial charge in [-0.25, -0.2) is 0 Å². The molecule has 1 N–H and O–H groups in total. The zero-order valence-corrected chi connectivity index (χ0v) is 13.6. The number of aryl methyl sites for hydroxylation is 3. The molecule has 0 amide bonds. The zero-order chi connectivity index (χ0) is 15.7. The first-order chi connectivity index (χ1) is 11.1. The molecule has 0 saturated heterocycles. The van der Waals surface area contributed by atoms with Crippen molar-refractivity contribution >= 4 is 43.6 Å². The van der Waals surface area contributed by atoms with Crippen molar-refractivity contribution < 1.29 is 0 Å². The Morgan fingerprint density at radius 1 is 0.652 bits per heavy atom. The molecule has 0 aliphatic heterocycles. The zero-order valence-electron chi connectivity index (χ0n) is 13.6. The minimum absolute atomic E-state index is 1.21. The highest BCUT2D eigenvalue weighted by atomic mass is 14.9. The van der Waals surface area contributed by atoms with Gasteiger partial charge >= 0.3 is 0 Å². The van der Waals surface area contributed by atoms with Crippen LogP contribution in [-0.4, -0.2) is 9.55 Å². The Morgan fingerprint density at radius 3 is 2.13 bits per heavy atom. The molecule has 0 saturated carbocycles. The predicted molar refractivity (Wildman–Crippen MR) is 99.3 cm³/mol. The van der Waals surface area contributed by atoms with Crippen molar-refractivity contribution in [3.8, 4) is 0 Å². The molecule has 0 aliphatic carbocycles. The van der Waals surface area contributed by atoms with E-state index in [2.05, 4.69) is 79.0 Å². The lowest BCUT2D eigenvalue weighted by molar-refractivity contribution is 1.01. The molecule has 2 nitrogen and oxygen atoms in total. The third-order valence-corrected chi connectivity index (χ3v) is 5.04. The van der Waals surface area contributed by atoms with Gasteiger partial charge in [0.1, 0.15) is 0 Å². The first-order valence-electron chi connectivity index (χ1n) is 8.03. The van der Waals surface area contributed by atoms with Gasteiger partial charge in [0.25, 0.3) is 0 Å². The van der Waals surface area contributed by atoms with Crippen LogP contribution in [0.25, 0.3) is 43.6 Å². The molecule has 23 heavy (non-hydrogen) atoms.